The molecule has 0 aliphatic carbocycles. The third-order valence-corrected chi connectivity index (χ3v) is 2.91. The van der Waals surface area contributed by atoms with Crippen LogP contribution in [0.3, 0.4) is 0 Å². The molecule has 0 aromatic carbocycles. The highest BCUT2D eigenvalue weighted by Crippen LogP contribution is 2.16. The van der Waals surface area contributed by atoms with Gasteiger partial charge in [-0.1, -0.05) is 0 Å². The Morgan fingerprint density at radius 3 is 2.88 bits per heavy atom. The minimum absolute atomic E-state index is 0.128. The summed E-state index contributed by atoms with van der Waals surface area (Å²) in [6, 6.07) is 1.97. The standard InChI is InChI=1S/C11H19N5O/c1-15(6-7-17)10-8-11(14-9-13-10)16-4-2-12-3-5-16/h8-9,12,17H,2-7H2,1H3. The average molecular weight is 237 g/mol. The summed E-state index contributed by atoms with van der Waals surface area (Å²) in [5, 5.41) is 12.2. The van der Waals surface area contributed by atoms with Crippen LogP contribution in [0.2, 0.25) is 0 Å². The molecule has 2 N–H and O–H groups in total. The molecule has 0 amide bonds. The van der Waals surface area contributed by atoms with Crippen LogP contribution in [0.1, 0.15) is 0 Å². The van der Waals surface area contributed by atoms with Crippen LogP contribution in [0.25, 0.3) is 0 Å². The van der Waals surface area contributed by atoms with E-state index in [1.165, 1.54) is 0 Å². The van der Waals surface area contributed by atoms with E-state index in [1.807, 2.05) is 18.0 Å². The molecular weight excluding hydrogens is 218 g/mol. The molecule has 0 spiro atoms. The monoisotopic (exact) mass is 237 g/mol. The van der Waals surface area contributed by atoms with Gasteiger partial charge in [-0.3, -0.25) is 0 Å². The summed E-state index contributed by atoms with van der Waals surface area (Å²) < 4.78 is 0. The van der Waals surface area contributed by atoms with Crippen molar-refractivity contribution in [3.8, 4) is 0 Å². The van der Waals surface area contributed by atoms with Gasteiger partial charge in [0.25, 0.3) is 0 Å². The van der Waals surface area contributed by atoms with Crippen molar-refractivity contribution in [3.63, 3.8) is 0 Å². The quantitative estimate of drug-likeness (QED) is 0.723. The molecule has 2 rings (SSSR count). The fraction of sp³-hybridized carbons (Fsp3) is 0.636. The van der Waals surface area contributed by atoms with Gasteiger partial charge in [-0.2, -0.15) is 0 Å². The Labute approximate surface area is 101 Å². The van der Waals surface area contributed by atoms with Crippen molar-refractivity contribution in [3.05, 3.63) is 12.4 Å². The van der Waals surface area contributed by atoms with Crippen molar-refractivity contribution in [1.82, 2.24) is 15.3 Å². The number of hydrogen-bond acceptors (Lipinski definition) is 6. The molecule has 94 valence electrons. The van der Waals surface area contributed by atoms with E-state index in [0.717, 1.165) is 37.8 Å². The zero-order valence-electron chi connectivity index (χ0n) is 10.1. The Bertz CT molecular complexity index is 353. The van der Waals surface area contributed by atoms with Crippen LogP contribution in [0.4, 0.5) is 11.6 Å². The maximum absolute atomic E-state index is 8.91. The predicted octanol–water partition coefficient (Wildman–Crippen LogP) is -0.685. The van der Waals surface area contributed by atoms with Crippen molar-refractivity contribution in [1.29, 1.82) is 0 Å². The fourth-order valence-corrected chi connectivity index (χ4v) is 1.88. The van der Waals surface area contributed by atoms with E-state index >= 15 is 0 Å². The molecule has 2 heterocycles. The number of piperazine rings is 1. The molecule has 1 aliphatic rings. The number of rotatable bonds is 4. The third kappa shape index (κ3) is 3.04. The maximum atomic E-state index is 8.91. The Hall–Kier alpha value is -1.40. The first-order valence-electron chi connectivity index (χ1n) is 5.91. The van der Waals surface area contributed by atoms with Gasteiger partial charge in [-0.25, -0.2) is 9.97 Å². The Morgan fingerprint density at radius 2 is 2.18 bits per heavy atom. The highest BCUT2D eigenvalue weighted by molar-refractivity contribution is 5.49. The van der Waals surface area contributed by atoms with Gasteiger partial charge in [0, 0.05) is 45.8 Å². The molecule has 0 unspecified atom stereocenters. The number of anilines is 2. The first kappa shape index (κ1) is 12.1. The highest BCUT2D eigenvalue weighted by atomic mass is 16.3. The molecule has 1 fully saturated rings. The summed E-state index contributed by atoms with van der Waals surface area (Å²) >= 11 is 0. The number of aromatic nitrogens is 2. The maximum Gasteiger partial charge on any atom is 0.134 e. The SMILES string of the molecule is CN(CCO)c1cc(N2CCNCC2)ncn1. The van der Waals surface area contributed by atoms with Gasteiger partial charge >= 0.3 is 0 Å². The molecule has 1 aliphatic heterocycles. The molecule has 1 aromatic heterocycles. The lowest BCUT2D eigenvalue weighted by atomic mass is 10.3. The molecule has 17 heavy (non-hydrogen) atoms. The lowest BCUT2D eigenvalue weighted by Crippen LogP contribution is -2.44. The smallest absolute Gasteiger partial charge is 0.134 e. The molecule has 1 aromatic rings. The van der Waals surface area contributed by atoms with E-state index < -0.39 is 0 Å². The van der Waals surface area contributed by atoms with Gasteiger partial charge in [0.15, 0.2) is 0 Å². The number of likely N-dealkylation sites (N-methyl/N-ethyl adjacent to an activating group) is 1. The molecule has 0 atom stereocenters. The minimum atomic E-state index is 0.128. The van der Waals surface area contributed by atoms with Crippen LogP contribution in [0, 0.1) is 0 Å². The third-order valence-electron chi connectivity index (χ3n) is 2.91. The second-order valence-electron chi connectivity index (χ2n) is 4.12. The number of nitrogens with zero attached hydrogens (tertiary/aromatic N) is 4. The summed E-state index contributed by atoms with van der Waals surface area (Å²) in [6.07, 6.45) is 1.58. The highest BCUT2D eigenvalue weighted by Gasteiger charge is 2.13. The molecule has 6 nitrogen and oxygen atoms in total. The summed E-state index contributed by atoms with van der Waals surface area (Å²) in [5.41, 5.74) is 0. The van der Waals surface area contributed by atoms with Gasteiger partial charge in [-0.05, 0) is 0 Å². The molecule has 1 saturated heterocycles. The number of aliphatic hydroxyl groups is 1. The van der Waals surface area contributed by atoms with Crippen molar-refractivity contribution in [2.75, 3.05) is 56.2 Å². The second kappa shape index (κ2) is 5.79. The Kier molecular flexibility index (Phi) is 4.11. The lowest BCUT2D eigenvalue weighted by Gasteiger charge is -2.29. The van der Waals surface area contributed by atoms with E-state index in [1.54, 1.807) is 6.33 Å². The number of aliphatic hydroxyl groups excluding tert-OH is 1. The van der Waals surface area contributed by atoms with Crippen LogP contribution in [-0.4, -0.2) is 61.5 Å². The fourth-order valence-electron chi connectivity index (χ4n) is 1.88. The molecule has 6 heteroatoms. The average Bonchev–Trinajstić information content (AvgIpc) is 2.40. The van der Waals surface area contributed by atoms with E-state index in [2.05, 4.69) is 20.2 Å². The Morgan fingerprint density at radius 1 is 1.41 bits per heavy atom. The van der Waals surface area contributed by atoms with Gasteiger partial charge in [0.2, 0.25) is 0 Å². The van der Waals surface area contributed by atoms with Gasteiger partial charge < -0.3 is 20.2 Å². The molecule has 0 saturated carbocycles. The summed E-state index contributed by atoms with van der Waals surface area (Å²) in [7, 11) is 1.92. The van der Waals surface area contributed by atoms with E-state index in [-0.39, 0.29) is 6.61 Å². The van der Waals surface area contributed by atoms with Crippen LogP contribution in [0.15, 0.2) is 12.4 Å². The molecular formula is C11H19N5O. The van der Waals surface area contributed by atoms with Crippen LogP contribution >= 0.6 is 0 Å². The Balaban J connectivity index is 2.09. The molecule has 0 bridgehead atoms. The van der Waals surface area contributed by atoms with E-state index in [4.69, 9.17) is 5.11 Å². The van der Waals surface area contributed by atoms with E-state index in [9.17, 15) is 0 Å². The summed E-state index contributed by atoms with van der Waals surface area (Å²) in [4.78, 5) is 12.7. The zero-order valence-corrected chi connectivity index (χ0v) is 10.1. The number of hydrogen-bond donors (Lipinski definition) is 2. The largest absolute Gasteiger partial charge is 0.395 e. The summed E-state index contributed by atoms with van der Waals surface area (Å²) in [6.45, 7) is 4.64. The first-order valence-corrected chi connectivity index (χ1v) is 5.91. The van der Waals surface area contributed by atoms with Crippen molar-refractivity contribution in [2.45, 2.75) is 0 Å². The van der Waals surface area contributed by atoms with Crippen LogP contribution < -0.4 is 15.1 Å². The first-order chi connectivity index (χ1) is 8.31. The normalized spacial score (nSPS) is 16.0. The van der Waals surface area contributed by atoms with Crippen LogP contribution in [0.5, 0.6) is 0 Å². The zero-order chi connectivity index (χ0) is 12.1. The predicted molar refractivity (Wildman–Crippen MR) is 67.5 cm³/mol. The number of nitrogens with one attached hydrogen (secondary N) is 1. The summed E-state index contributed by atoms with van der Waals surface area (Å²) in [5.74, 6) is 1.81. The lowest BCUT2D eigenvalue weighted by molar-refractivity contribution is 0.304. The second-order valence-corrected chi connectivity index (χ2v) is 4.12. The van der Waals surface area contributed by atoms with Gasteiger partial charge in [-0.15, -0.1) is 0 Å². The van der Waals surface area contributed by atoms with Gasteiger partial charge in [0.05, 0.1) is 6.61 Å². The topological polar surface area (TPSA) is 64.5 Å². The van der Waals surface area contributed by atoms with Crippen molar-refractivity contribution >= 4 is 11.6 Å². The van der Waals surface area contributed by atoms with E-state index in [0.29, 0.717) is 6.54 Å². The van der Waals surface area contributed by atoms with Crippen molar-refractivity contribution < 1.29 is 5.11 Å². The minimum Gasteiger partial charge on any atom is -0.395 e. The van der Waals surface area contributed by atoms with Crippen LogP contribution in [-0.2, 0) is 0 Å². The van der Waals surface area contributed by atoms with Gasteiger partial charge in [0.1, 0.15) is 18.0 Å². The van der Waals surface area contributed by atoms with Crippen molar-refractivity contribution in [2.24, 2.45) is 0 Å². The molecule has 0 radical (unpaired) electrons.